The zero-order valence-corrected chi connectivity index (χ0v) is 20.6. The number of benzene rings is 3. The Morgan fingerprint density at radius 3 is 2.25 bits per heavy atom. The molecule has 5 nitrogen and oxygen atoms in total. The molecule has 6 heteroatoms. The maximum absolute atomic E-state index is 12.8. The summed E-state index contributed by atoms with van der Waals surface area (Å²) in [6, 6.07) is 22.6. The van der Waals surface area contributed by atoms with Gasteiger partial charge in [0.25, 0.3) is 11.8 Å². The molecule has 3 aromatic carbocycles. The summed E-state index contributed by atoms with van der Waals surface area (Å²) in [5, 5.41) is 5.90. The monoisotopic (exact) mass is 541 g/mol. The summed E-state index contributed by atoms with van der Waals surface area (Å²) in [4.78, 5) is 27.7. The van der Waals surface area contributed by atoms with Crippen molar-refractivity contribution in [3.8, 4) is 0 Å². The highest BCUT2D eigenvalue weighted by molar-refractivity contribution is 14.1. The van der Waals surface area contributed by atoms with Crippen LogP contribution in [0.1, 0.15) is 45.7 Å². The van der Waals surface area contributed by atoms with Gasteiger partial charge >= 0.3 is 0 Å². The number of carbonyl (C=O) groups excluding carboxylic acids is 2. The van der Waals surface area contributed by atoms with E-state index in [1.54, 1.807) is 30.3 Å². The van der Waals surface area contributed by atoms with Crippen LogP contribution in [0.5, 0.6) is 0 Å². The lowest BCUT2D eigenvalue weighted by Crippen LogP contribution is -2.26. The molecule has 0 aliphatic heterocycles. The van der Waals surface area contributed by atoms with Gasteiger partial charge < -0.3 is 10.6 Å². The molecule has 2 amide bonds. The van der Waals surface area contributed by atoms with Crippen LogP contribution in [0.25, 0.3) is 0 Å². The summed E-state index contributed by atoms with van der Waals surface area (Å²) in [5.41, 5.74) is 4.02. The summed E-state index contributed by atoms with van der Waals surface area (Å²) in [7, 11) is 0. The Balaban J connectivity index is 1.66. The molecule has 0 aromatic heterocycles. The van der Waals surface area contributed by atoms with Crippen molar-refractivity contribution in [3.63, 3.8) is 0 Å². The minimum Gasteiger partial charge on any atom is -0.348 e. The summed E-state index contributed by atoms with van der Waals surface area (Å²) in [5.74, 6) is -0.370. The molecule has 0 spiro atoms. The average molecular weight is 541 g/mol. The number of halogens is 1. The lowest BCUT2D eigenvalue weighted by molar-refractivity contribution is 0.0949. The van der Waals surface area contributed by atoms with Gasteiger partial charge in [-0.05, 0) is 77.1 Å². The second-order valence-electron chi connectivity index (χ2n) is 7.43. The standard InChI is InChI=1S/C26H28IN3O2/c1-3-30(4-2)18-21-11-6-5-10-20(21)17-28-25(31)19-12-9-13-22(16-19)29-26(32)23-14-7-8-15-24(23)27/h5-16H,3-4,17-18H2,1-2H3,(H,28,31)(H,29,32). The van der Waals surface area contributed by atoms with Crippen molar-refractivity contribution in [1.82, 2.24) is 10.2 Å². The Morgan fingerprint density at radius 1 is 0.844 bits per heavy atom. The predicted octanol–water partition coefficient (Wildman–Crippen LogP) is 5.32. The number of rotatable bonds is 9. The molecular weight excluding hydrogens is 513 g/mol. The van der Waals surface area contributed by atoms with Gasteiger partial charge in [-0.2, -0.15) is 0 Å². The maximum Gasteiger partial charge on any atom is 0.256 e. The van der Waals surface area contributed by atoms with E-state index in [4.69, 9.17) is 0 Å². The molecule has 0 heterocycles. The van der Waals surface area contributed by atoms with Crippen molar-refractivity contribution in [2.24, 2.45) is 0 Å². The van der Waals surface area contributed by atoms with Crippen molar-refractivity contribution in [2.45, 2.75) is 26.9 Å². The van der Waals surface area contributed by atoms with Gasteiger partial charge in [-0.1, -0.05) is 56.3 Å². The average Bonchev–Trinajstić information content (AvgIpc) is 2.82. The Morgan fingerprint density at radius 2 is 1.53 bits per heavy atom. The van der Waals surface area contributed by atoms with Gasteiger partial charge in [-0.3, -0.25) is 14.5 Å². The molecule has 32 heavy (non-hydrogen) atoms. The van der Waals surface area contributed by atoms with Crippen LogP contribution in [-0.2, 0) is 13.1 Å². The van der Waals surface area contributed by atoms with Crippen molar-refractivity contribution in [1.29, 1.82) is 0 Å². The van der Waals surface area contributed by atoms with E-state index in [0.29, 0.717) is 23.4 Å². The van der Waals surface area contributed by atoms with Crippen molar-refractivity contribution in [2.75, 3.05) is 18.4 Å². The third-order valence-corrected chi connectivity index (χ3v) is 6.29. The van der Waals surface area contributed by atoms with E-state index in [1.165, 1.54) is 5.56 Å². The number of amides is 2. The van der Waals surface area contributed by atoms with Crippen molar-refractivity contribution < 1.29 is 9.59 Å². The van der Waals surface area contributed by atoms with E-state index in [2.05, 4.69) is 64.1 Å². The fourth-order valence-electron chi connectivity index (χ4n) is 3.43. The van der Waals surface area contributed by atoms with E-state index < -0.39 is 0 Å². The Labute approximate surface area is 203 Å². The molecule has 0 aliphatic carbocycles. The van der Waals surface area contributed by atoms with Gasteiger partial charge in [0.2, 0.25) is 0 Å². The SMILES string of the molecule is CCN(CC)Cc1ccccc1CNC(=O)c1cccc(NC(=O)c2ccccc2I)c1. The molecule has 3 rings (SSSR count). The van der Waals surface area contributed by atoms with Crippen LogP contribution in [0.15, 0.2) is 72.8 Å². The van der Waals surface area contributed by atoms with E-state index >= 15 is 0 Å². The second-order valence-corrected chi connectivity index (χ2v) is 8.59. The number of hydrogen-bond acceptors (Lipinski definition) is 3. The molecular formula is C26H28IN3O2. The minimum atomic E-state index is -0.196. The molecule has 0 fully saturated rings. The molecule has 2 N–H and O–H groups in total. The second kappa shape index (κ2) is 11.8. The summed E-state index contributed by atoms with van der Waals surface area (Å²) in [6.45, 7) is 7.58. The van der Waals surface area contributed by atoms with Gasteiger partial charge in [-0.25, -0.2) is 0 Å². The number of hydrogen-bond donors (Lipinski definition) is 2. The van der Waals surface area contributed by atoms with E-state index in [-0.39, 0.29) is 11.8 Å². The van der Waals surface area contributed by atoms with Crippen LogP contribution >= 0.6 is 22.6 Å². The first-order valence-electron chi connectivity index (χ1n) is 10.7. The molecule has 166 valence electrons. The first kappa shape index (κ1) is 23.9. The lowest BCUT2D eigenvalue weighted by Gasteiger charge is -2.20. The van der Waals surface area contributed by atoms with Gasteiger partial charge in [0, 0.05) is 27.9 Å². The first-order valence-corrected chi connectivity index (χ1v) is 11.8. The van der Waals surface area contributed by atoms with Crippen LogP contribution in [0.4, 0.5) is 5.69 Å². The first-order chi connectivity index (χ1) is 15.5. The number of nitrogens with one attached hydrogen (secondary N) is 2. The highest BCUT2D eigenvalue weighted by Crippen LogP contribution is 2.17. The van der Waals surface area contributed by atoms with Gasteiger partial charge in [0.05, 0.1) is 5.56 Å². The molecule has 0 radical (unpaired) electrons. The molecule has 0 unspecified atom stereocenters. The Bertz CT molecular complexity index is 1080. The molecule has 3 aromatic rings. The fraction of sp³-hybridized carbons (Fsp3) is 0.231. The zero-order valence-electron chi connectivity index (χ0n) is 18.4. The normalized spacial score (nSPS) is 10.8. The summed E-state index contributed by atoms with van der Waals surface area (Å²) < 4.78 is 0.875. The van der Waals surface area contributed by atoms with E-state index in [0.717, 1.165) is 28.8 Å². The smallest absolute Gasteiger partial charge is 0.256 e. The number of nitrogens with zero attached hydrogens (tertiary/aromatic N) is 1. The predicted molar refractivity (Wildman–Crippen MR) is 138 cm³/mol. The summed E-state index contributed by atoms with van der Waals surface area (Å²) in [6.07, 6.45) is 0. The fourth-order valence-corrected chi connectivity index (χ4v) is 4.06. The maximum atomic E-state index is 12.8. The third-order valence-electron chi connectivity index (χ3n) is 5.35. The highest BCUT2D eigenvalue weighted by atomic mass is 127. The Hall–Kier alpha value is -2.71. The molecule has 0 aliphatic rings. The van der Waals surface area contributed by atoms with Crippen LogP contribution in [0, 0.1) is 3.57 Å². The van der Waals surface area contributed by atoms with Crippen LogP contribution in [0.3, 0.4) is 0 Å². The molecule has 0 saturated heterocycles. The van der Waals surface area contributed by atoms with Crippen LogP contribution in [-0.4, -0.2) is 29.8 Å². The molecule has 0 saturated carbocycles. The third kappa shape index (κ3) is 6.40. The van der Waals surface area contributed by atoms with E-state index in [9.17, 15) is 9.59 Å². The topological polar surface area (TPSA) is 61.4 Å². The van der Waals surface area contributed by atoms with Crippen molar-refractivity contribution in [3.05, 3.63) is 98.6 Å². The van der Waals surface area contributed by atoms with E-state index in [1.807, 2.05) is 30.3 Å². The van der Waals surface area contributed by atoms with Crippen LogP contribution < -0.4 is 10.6 Å². The largest absolute Gasteiger partial charge is 0.348 e. The van der Waals surface area contributed by atoms with Crippen molar-refractivity contribution >= 4 is 40.1 Å². The highest BCUT2D eigenvalue weighted by Gasteiger charge is 2.12. The Kier molecular flexibility index (Phi) is 8.81. The lowest BCUT2D eigenvalue weighted by atomic mass is 10.1. The van der Waals surface area contributed by atoms with Gasteiger partial charge in [-0.15, -0.1) is 0 Å². The summed E-state index contributed by atoms with van der Waals surface area (Å²) >= 11 is 2.14. The minimum absolute atomic E-state index is 0.173. The quantitative estimate of drug-likeness (QED) is 0.361. The molecule has 0 atom stereocenters. The zero-order chi connectivity index (χ0) is 22.9. The molecule has 0 bridgehead atoms. The van der Waals surface area contributed by atoms with Gasteiger partial charge in [0.1, 0.15) is 0 Å². The van der Waals surface area contributed by atoms with Crippen LogP contribution in [0.2, 0.25) is 0 Å². The number of anilines is 1. The van der Waals surface area contributed by atoms with Gasteiger partial charge in [0.15, 0.2) is 0 Å². The number of carbonyl (C=O) groups is 2.